The zero-order valence-electron chi connectivity index (χ0n) is 9.55. The van der Waals surface area contributed by atoms with Gasteiger partial charge < -0.3 is 10.7 Å². The topological polar surface area (TPSA) is 54.7 Å². The normalized spacial score (nSPS) is 11.1. The first-order valence-electron chi connectivity index (χ1n) is 5.44. The average Bonchev–Trinajstić information content (AvgIpc) is 2.71. The van der Waals surface area contributed by atoms with E-state index >= 15 is 0 Å². The monoisotopic (exact) mass is 311 g/mol. The summed E-state index contributed by atoms with van der Waals surface area (Å²) < 4.78 is 0. The number of anilines is 1. The smallest absolute Gasteiger partial charge is 0.138 e. The predicted octanol–water partition coefficient (Wildman–Crippen LogP) is 4.77. The first kappa shape index (κ1) is 12.6. The van der Waals surface area contributed by atoms with E-state index in [0.29, 0.717) is 26.6 Å². The highest BCUT2D eigenvalue weighted by atomic mass is 35.5. The van der Waals surface area contributed by atoms with Gasteiger partial charge in [0.05, 0.1) is 21.1 Å². The van der Waals surface area contributed by atoms with Crippen molar-refractivity contribution in [3.05, 3.63) is 45.4 Å². The summed E-state index contributed by atoms with van der Waals surface area (Å²) in [5.41, 5.74) is 8.71. The largest absolute Gasteiger partial charge is 0.399 e. The van der Waals surface area contributed by atoms with Crippen molar-refractivity contribution in [1.29, 1.82) is 0 Å². The molecule has 0 saturated carbocycles. The molecule has 0 saturated heterocycles. The Kier molecular flexibility index (Phi) is 3.05. The number of rotatable bonds is 1. The minimum Gasteiger partial charge on any atom is -0.399 e. The van der Waals surface area contributed by atoms with Gasteiger partial charge in [0, 0.05) is 16.3 Å². The van der Waals surface area contributed by atoms with Gasteiger partial charge in [-0.25, -0.2) is 4.98 Å². The summed E-state index contributed by atoms with van der Waals surface area (Å²) in [7, 11) is 0. The number of halogens is 3. The Labute approximate surface area is 124 Å². The first-order valence-corrected chi connectivity index (χ1v) is 6.57. The standard InChI is InChI=1S/C13H8Cl3N3/c14-7-1-6(2-8(17)3-7)13-18-11-4-9(15)10(16)5-12(11)19-13/h1-5H,17H2,(H,18,19). The third kappa shape index (κ3) is 2.37. The molecule has 3 nitrogen and oxygen atoms in total. The number of hydrogen-bond acceptors (Lipinski definition) is 2. The highest BCUT2D eigenvalue weighted by Crippen LogP contribution is 2.30. The van der Waals surface area contributed by atoms with Gasteiger partial charge in [0.15, 0.2) is 0 Å². The number of nitrogens with two attached hydrogens (primary N) is 1. The lowest BCUT2D eigenvalue weighted by Gasteiger charge is -2.00. The van der Waals surface area contributed by atoms with Crippen molar-refractivity contribution in [2.24, 2.45) is 0 Å². The zero-order valence-corrected chi connectivity index (χ0v) is 11.8. The summed E-state index contributed by atoms with van der Waals surface area (Å²) in [6, 6.07) is 8.73. The number of aromatic nitrogens is 2. The van der Waals surface area contributed by atoms with E-state index in [4.69, 9.17) is 40.5 Å². The third-order valence-corrected chi connectivity index (χ3v) is 3.66. The molecule has 0 atom stereocenters. The highest BCUT2D eigenvalue weighted by molar-refractivity contribution is 6.42. The van der Waals surface area contributed by atoms with Crippen LogP contribution >= 0.6 is 34.8 Å². The number of H-pyrrole nitrogens is 1. The van der Waals surface area contributed by atoms with Gasteiger partial charge in [0.2, 0.25) is 0 Å². The Bertz CT molecular complexity index is 721. The Balaban J connectivity index is 2.20. The van der Waals surface area contributed by atoms with E-state index in [9.17, 15) is 0 Å². The second-order valence-corrected chi connectivity index (χ2v) is 5.39. The second-order valence-electron chi connectivity index (χ2n) is 4.14. The Morgan fingerprint density at radius 2 is 1.68 bits per heavy atom. The molecule has 0 unspecified atom stereocenters. The van der Waals surface area contributed by atoms with Gasteiger partial charge >= 0.3 is 0 Å². The highest BCUT2D eigenvalue weighted by Gasteiger charge is 2.09. The number of nitrogens with one attached hydrogen (secondary N) is 1. The molecule has 96 valence electrons. The number of hydrogen-bond donors (Lipinski definition) is 2. The van der Waals surface area contributed by atoms with Crippen molar-refractivity contribution in [2.45, 2.75) is 0 Å². The Morgan fingerprint density at radius 1 is 0.947 bits per heavy atom. The van der Waals surface area contributed by atoms with Crippen LogP contribution in [-0.4, -0.2) is 9.97 Å². The number of nitrogens with zero attached hydrogens (tertiary/aromatic N) is 1. The van der Waals surface area contributed by atoms with Crippen LogP contribution in [0.25, 0.3) is 22.4 Å². The molecule has 1 heterocycles. The van der Waals surface area contributed by atoms with Crippen molar-refractivity contribution in [1.82, 2.24) is 9.97 Å². The van der Waals surface area contributed by atoms with Crippen LogP contribution in [0.15, 0.2) is 30.3 Å². The van der Waals surface area contributed by atoms with Crippen LogP contribution in [0.3, 0.4) is 0 Å². The summed E-state index contributed by atoms with van der Waals surface area (Å²) in [4.78, 5) is 7.62. The van der Waals surface area contributed by atoms with Crippen LogP contribution in [-0.2, 0) is 0 Å². The number of imidazole rings is 1. The summed E-state index contributed by atoms with van der Waals surface area (Å²) in [6.07, 6.45) is 0. The molecule has 3 aromatic rings. The van der Waals surface area contributed by atoms with Gasteiger partial charge in [0.25, 0.3) is 0 Å². The van der Waals surface area contributed by atoms with Crippen LogP contribution in [0.1, 0.15) is 0 Å². The van der Waals surface area contributed by atoms with Gasteiger partial charge in [-0.1, -0.05) is 34.8 Å². The van der Waals surface area contributed by atoms with Gasteiger partial charge in [-0.2, -0.15) is 0 Å². The van der Waals surface area contributed by atoms with Gasteiger partial charge in [-0.3, -0.25) is 0 Å². The van der Waals surface area contributed by atoms with E-state index in [0.717, 1.165) is 16.6 Å². The van der Waals surface area contributed by atoms with Crippen LogP contribution in [0.2, 0.25) is 15.1 Å². The molecule has 0 amide bonds. The average molecular weight is 313 g/mol. The van der Waals surface area contributed by atoms with Crippen molar-refractivity contribution in [3.63, 3.8) is 0 Å². The van der Waals surface area contributed by atoms with E-state index in [2.05, 4.69) is 9.97 Å². The maximum atomic E-state index is 5.99. The summed E-state index contributed by atoms with van der Waals surface area (Å²) in [6.45, 7) is 0. The SMILES string of the molecule is Nc1cc(Cl)cc(-c2nc3cc(Cl)c(Cl)cc3[nH]2)c1. The fourth-order valence-corrected chi connectivity index (χ4v) is 2.46. The summed E-state index contributed by atoms with van der Waals surface area (Å²) in [5, 5.41) is 1.51. The minimum absolute atomic E-state index is 0.470. The van der Waals surface area contributed by atoms with Gasteiger partial charge in [-0.05, 0) is 30.3 Å². The zero-order chi connectivity index (χ0) is 13.6. The van der Waals surface area contributed by atoms with E-state index < -0.39 is 0 Å². The van der Waals surface area contributed by atoms with E-state index in [-0.39, 0.29) is 0 Å². The van der Waals surface area contributed by atoms with Crippen molar-refractivity contribution in [3.8, 4) is 11.4 Å². The van der Waals surface area contributed by atoms with E-state index in [1.807, 2.05) is 0 Å². The molecule has 1 aromatic heterocycles. The third-order valence-electron chi connectivity index (χ3n) is 2.72. The maximum Gasteiger partial charge on any atom is 0.138 e. The molecule has 0 aliphatic heterocycles. The fraction of sp³-hybridized carbons (Fsp3) is 0. The second kappa shape index (κ2) is 4.60. The molecule has 2 aromatic carbocycles. The molecular formula is C13H8Cl3N3. The molecule has 0 aliphatic carbocycles. The number of benzene rings is 2. The maximum absolute atomic E-state index is 5.99. The van der Waals surface area contributed by atoms with Crippen LogP contribution in [0.4, 0.5) is 5.69 Å². The number of nitrogen functional groups attached to an aromatic ring is 1. The van der Waals surface area contributed by atoms with E-state index in [1.54, 1.807) is 30.3 Å². The lowest BCUT2D eigenvalue weighted by atomic mass is 10.2. The first-order chi connectivity index (χ1) is 9.02. The Morgan fingerprint density at radius 3 is 2.42 bits per heavy atom. The molecular weight excluding hydrogens is 305 g/mol. The molecule has 3 N–H and O–H groups in total. The molecule has 0 aliphatic rings. The molecule has 3 rings (SSSR count). The fourth-order valence-electron chi connectivity index (χ4n) is 1.89. The lowest BCUT2D eigenvalue weighted by Crippen LogP contribution is -1.87. The lowest BCUT2D eigenvalue weighted by molar-refractivity contribution is 1.34. The Hall–Kier alpha value is -1.42. The molecule has 6 heteroatoms. The molecule has 0 fully saturated rings. The number of fused-ring (bicyclic) bond motifs is 1. The summed E-state index contributed by atoms with van der Waals surface area (Å²) in [5.74, 6) is 0.669. The number of aromatic amines is 1. The predicted molar refractivity (Wildman–Crippen MR) is 81.0 cm³/mol. The quantitative estimate of drug-likeness (QED) is 0.636. The molecule has 19 heavy (non-hydrogen) atoms. The molecule has 0 spiro atoms. The van der Waals surface area contributed by atoms with Crippen LogP contribution in [0.5, 0.6) is 0 Å². The van der Waals surface area contributed by atoms with E-state index in [1.165, 1.54) is 0 Å². The molecule has 0 bridgehead atoms. The van der Waals surface area contributed by atoms with Crippen LogP contribution in [0, 0.1) is 0 Å². The van der Waals surface area contributed by atoms with Crippen LogP contribution < -0.4 is 5.73 Å². The van der Waals surface area contributed by atoms with Gasteiger partial charge in [-0.15, -0.1) is 0 Å². The summed E-state index contributed by atoms with van der Waals surface area (Å²) >= 11 is 17.9. The van der Waals surface area contributed by atoms with Crippen molar-refractivity contribution < 1.29 is 0 Å². The molecule has 0 radical (unpaired) electrons. The van der Waals surface area contributed by atoms with Crippen molar-refractivity contribution in [2.75, 3.05) is 5.73 Å². The van der Waals surface area contributed by atoms with Gasteiger partial charge in [0.1, 0.15) is 5.82 Å². The minimum atomic E-state index is 0.470. The van der Waals surface area contributed by atoms with Crippen molar-refractivity contribution >= 4 is 51.5 Å².